The molecule has 0 unspecified atom stereocenters. The van der Waals surface area contributed by atoms with Crippen LogP contribution in [0.25, 0.3) is 0 Å². The van der Waals surface area contributed by atoms with Crippen molar-refractivity contribution in [3.63, 3.8) is 0 Å². The average molecular weight is 389 g/mol. The Bertz CT molecular complexity index is 938. The molecule has 0 spiro atoms. The third kappa shape index (κ3) is 3.71. The molecular weight excluding hydrogens is 376 g/mol. The first kappa shape index (κ1) is 17.5. The van der Waals surface area contributed by atoms with Crippen LogP contribution in [0.1, 0.15) is 25.6 Å². The predicted octanol–water partition coefficient (Wildman–Crippen LogP) is 4.76. The van der Waals surface area contributed by atoms with Crippen molar-refractivity contribution in [2.75, 3.05) is 11.1 Å². The number of thiol groups is 1. The van der Waals surface area contributed by atoms with Crippen molar-refractivity contribution in [3.05, 3.63) is 75.6 Å². The maximum Gasteiger partial charge on any atom is 0.259 e. The van der Waals surface area contributed by atoms with Gasteiger partial charge in [0.1, 0.15) is 0 Å². The monoisotopic (exact) mass is 388 g/mol. The number of hydrogen-bond acceptors (Lipinski definition) is 5. The maximum atomic E-state index is 12.6. The van der Waals surface area contributed by atoms with Gasteiger partial charge in [-0.05, 0) is 24.3 Å². The van der Waals surface area contributed by atoms with Gasteiger partial charge < -0.3 is 11.1 Å². The van der Waals surface area contributed by atoms with Crippen LogP contribution in [0, 0.1) is 0 Å². The van der Waals surface area contributed by atoms with E-state index in [1.807, 2.05) is 6.07 Å². The van der Waals surface area contributed by atoms with E-state index in [0.29, 0.717) is 25.4 Å². The number of ketones is 1. The highest BCUT2D eigenvalue weighted by Gasteiger charge is 2.24. The molecule has 1 aromatic heterocycles. The number of amides is 1. The molecule has 7 heteroatoms. The fourth-order valence-corrected chi connectivity index (χ4v) is 3.81. The number of nitrogens with one attached hydrogen (secondary N) is 1. The molecule has 2 aromatic carbocycles. The number of nitrogens with two attached hydrogens (primary N) is 1. The summed E-state index contributed by atoms with van der Waals surface area (Å²) in [5.41, 5.74) is 7.49. The molecule has 0 aliphatic rings. The van der Waals surface area contributed by atoms with Crippen LogP contribution < -0.4 is 11.1 Å². The summed E-state index contributed by atoms with van der Waals surface area (Å²) >= 11 is 11.2. The van der Waals surface area contributed by atoms with Gasteiger partial charge in [-0.3, -0.25) is 9.59 Å². The quantitative estimate of drug-likeness (QED) is 0.446. The molecule has 0 atom stereocenters. The number of anilines is 2. The molecule has 0 radical (unpaired) electrons. The summed E-state index contributed by atoms with van der Waals surface area (Å²) in [6, 6.07) is 15.5. The topological polar surface area (TPSA) is 72.2 Å². The molecule has 4 nitrogen and oxygen atoms in total. The normalized spacial score (nSPS) is 10.5. The van der Waals surface area contributed by atoms with E-state index in [0.717, 1.165) is 11.3 Å². The van der Waals surface area contributed by atoms with Crippen molar-refractivity contribution in [1.29, 1.82) is 0 Å². The van der Waals surface area contributed by atoms with Gasteiger partial charge in [-0.1, -0.05) is 41.9 Å². The van der Waals surface area contributed by atoms with Gasteiger partial charge in [0.25, 0.3) is 5.91 Å². The summed E-state index contributed by atoms with van der Waals surface area (Å²) in [6.07, 6.45) is 0. The van der Waals surface area contributed by atoms with Crippen LogP contribution >= 0.6 is 35.6 Å². The Labute approximate surface area is 159 Å². The highest BCUT2D eigenvalue weighted by Crippen LogP contribution is 2.35. The minimum Gasteiger partial charge on any atom is -0.397 e. The van der Waals surface area contributed by atoms with Crippen LogP contribution in [0.3, 0.4) is 0 Å². The Balaban J connectivity index is 1.90. The number of hydrogen-bond donors (Lipinski definition) is 3. The lowest BCUT2D eigenvalue weighted by molar-refractivity contribution is 0.102. The van der Waals surface area contributed by atoms with E-state index in [9.17, 15) is 9.59 Å². The summed E-state index contributed by atoms with van der Waals surface area (Å²) in [4.78, 5) is 25.4. The Kier molecular flexibility index (Phi) is 5.13. The zero-order valence-electron chi connectivity index (χ0n) is 12.8. The lowest BCUT2D eigenvalue weighted by atomic mass is 10.1. The number of nitrogen functional groups attached to an aromatic ring is 1. The molecule has 0 saturated heterocycles. The minimum absolute atomic E-state index is 0.135. The number of thiophene rings is 1. The first-order chi connectivity index (χ1) is 12.0. The highest BCUT2D eigenvalue weighted by atomic mass is 35.5. The second kappa shape index (κ2) is 7.31. The predicted molar refractivity (Wildman–Crippen MR) is 105 cm³/mol. The van der Waals surface area contributed by atoms with E-state index in [1.54, 1.807) is 48.5 Å². The number of benzene rings is 2. The molecule has 25 heavy (non-hydrogen) atoms. The van der Waals surface area contributed by atoms with Crippen molar-refractivity contribution in [1.82, 2.24) is 0 Å². The van der Waals surface area contributed by atoms with Crippen LogP contribution in [0.5, 0.6) is 0 Å². The number of carbonyl (C=O) groups excluding carboxylic acids is 2. The molecule has 0 fully saturated rings. The van der Waals surface area contributed by atoms with Gasteiger partial charge in [-0.15, -0.1) is 24.0 Å². The van der Waals surface area contributed by atoms with E-state index in [-0.39, 0.29) is 17.0 Å². The number of carbonyl (C=O) groups is 2. The van der Waals surface area contributed by atoms with E-state index in [4.69, 9.17) is 17.3 Å². The van der Waals surface area contributed by atoms with E-state index < -0.39 is 5.91 Å². The maximum absolute atomic E-state index is 12.6. The smallest absolute Gasteiger partial charge is 0.259 e. The Morgan fingerprint density at radius 3 is 2.32 bits per heavy atom. The lowest BCUT2D eigenvalue weighted by Crippen LogP contribution is -2.14. The fourth-order valence-electron chi connectivity index (χ4n) is 2.27. The number of halogens is 1. The first-order valence-corrected chi connectivity index (χ1v) is 8.89. The van der Waals surface area contributed by atoms with Gasteiger partial charge in [0, 0.05) is 16.3 Å². The van der Waals surface area contributed by atoms with Crippen LogP contribution in [0.15, 0.2) is 58.8 Å². The Morgan fingerprint density at radius 2 is 1.68 bits per heavy atom. The summed E-state index contributed by atoms with van der Waals surface area (Å²) < 4.78 is 0.392. The third-order valence-corrected chi connectivity index (χ3v) is 5.25. The molecule has 0 bridgehead atoms. The number of rotatable bonds is 4. The molecule has 1 amide bonds. The van der Waals surface area contributed by atoms with Crippen molar-refractivity contribution in [2.24, 2.45) is 0 Å². The molecule has 3 aromatic rings. The molecule has 126 valence electrons. The first-order valence-electron chi connectivity index (χ1n) is 7.25. The SMILES string of the molecule is Nc1c(C(=O)c2ccccc2)sc(S)c1C(=O)Nc1ccc(Cl)cc1. The van der Waals surface area contributed by atoms with Crippen molar-refractivity contribution >= 4 is 58.6 Å². The lowest BCUT2D eigenvalue weighted by Gasteiger charge is -2.06. The Hall–Kier alpha value is -2.28. The van der Waals surface area contributed by atoms with Crippen LogP contribution in [-0.2, 0) is 0 Å². The molecular formula is C18H13ClN2O2S2. The second-order valence-electron chi connectivity index (χ2n) is 5.18. The summed E-state index contributed by atoms with van der Waals surface area (Å²) in [5, 5.41) is 3.30. The zero-order valence-corrected chi connectivity index (χ0v) is 15.3. The second-order valence-corrected chi connectivity index (χ2v) is 7.39. The standard InChI is InChI=1S/C18H13ClN2O2S2/c19-11-6-8-12(9-7-11)21-17(23)13-14(20)16(25-18(13)24)15(22)10-4-2-1-3-5-10/h1-9,24H,20H2,(H,21,23). The summed E-state index contributed by atoms with van der Waals surface area (Å²) in [7, 11) is 0. The van der Waals surface area contributed by atoms with Gasteiger partial charge in [0.05, 0.1) is 20.3 Å². The molecule has 3 rings (SSSR count). The van der Waals surface area contributed by atoms with Crippen LogP contribution in [0.4, 0.5) is 11.4 Å². The van der Waals surface area contributed by atoms with Gasteiger partial charge in [0.2, 0.25) is 5.78 Å². The summed E-state index contributed by atoms with van der Waals surface area (Å²) in [6.45, 7) is 0. The third-order valence-electron chi connectivity index (χ3n) is 3.50. The van der Waals surface area contributed by atoms with Crippen molar-refractivity contribution in [2.45, 2.75) is 4.21 Å². The zero-order chi connectivity index (χ0) is 18.0. The molecule has 0 aliphatic heterocycles. The fraction of sp³-hybridized carbons (Fsp3) is 0. The van der Waals surface area contributed by atoms with Gasteiger partial charge >= 0.3 is 0 Å². The minimum atomic E-state index is -0.423. The molecule has 1 heterocycles. The van der Waals surface area contributed by atoms with Gasteiger partial charge in [0.15, 0.2) is 0 Å². The molecule has 0 aliphatic carbocycles. The average Bonchev–Trinajstić information content (AvgIpc) is 2.91. The highest BCUT2D eigenvalue weighted by molar-refractivity contribution is 7.83. The summed E-state index contributed by atoms with van der Waals surface area (Å²) in [5.74, 6) is -0.655. The van der Waals surface area contributed by atoms with E-state index in [2.05, 4.69) is 17.9 Å². The molecule has 3 N–H and O–H groups in total. The van der Waals surface area contributed by atoms with E-state index >= 15 is 0 Å². The van der Waals surface area contributed by atoms with Crippen LogP contribution in [-0.4, -0.2) is 11.7 Å². The van der Waals surface area contributed by atoms with E-state index in [1.165, 1.54) is 0 Å². The molecule has 0 saturated carbocycles. The van der Waals surface area contributed by atoms with Crippen molar-refractivity contribution in [3.8, 4) is 0 Å². The van der Waals surface area contributed by atoms with Crippen LogP contribution in [0.2, 0.25) is 5.02 Å². The largest absolute Gasteiger partial charge is 0.397 e. The van der Waals surface area contributed by atoms with Gasteiger partial charge in [-0.2, -0.15) is 0 Å². The van der Waals surface area contributed by atoms with Gasteiger partial charge in [-0.25, -0.2) is 0 Å². The Morgan fingerprint density at radius 1 is 1.04 bits per heavy atom. The van der Waals surface area contributed by atoms with Crippen molar-refractivity contribution < 1.29 is 9.59 Å².